The summed E-state index contributed by atoms with van der Waals surface area (Å²) in [6.07, 6.45) is 3.37. The molecule has 0 aliphatic carbocycles. The first-order valence-electron chi connectivity index (χ1n) is 5.44. The van der Waals surface area contributed by atoms with Gasteiger partial charge < -0.3 is 16.0 Å². The third-order valence-electron chi connectivity index (χ3n) is 2.91. The Bertz CT molecular complexity index is 567. The van der Waals surface area contributed by atoms with Gasteiger partial charge in [0.25, 0.3) is 0 Å². The zero-order valence-electron chi connectivity index (χ0n) is 9.51. The molecule has 0 bridgehead atoms. The molecule has 17 heavy (non-hydrogen) atoms. The molecule has 1 aromatic carbocycles. The number of rotatable bonds is 1. The Balaban J connectivity index is 2.12. The van der Waals surface area contributed by atoms with Gasteiger partial charge in [-0.05, 0) is 17.7 Å². The second kappa shape index (κ2) is 3.71. The van der Waals surface area contributed by atoms with Crippen molar-refractivity contribution in [3.05, 3.63) is 36.2 Å². The van der Waals surface area contributed by atoms with Crippen molar-refractivity contribution in [1.29, 1.82) is 0 Å². The molecule has 1 aliphatic heterocycles. The average molecular weight is 227 g/mol. The Kier molecular flexibility index (Phi) is 2.19. The maximum absolute atomic E-state index is 5.64. The number of fused-ring (bicyclic) bond motifs is 2. The molecule has 2 aromatic rings. The van der Waals surface area contributed by atoms with Crippen molar-refractivity contribution in [3.63, 3.8) is 0 Å². The van der Waals surface area contributed by atoms with Crippen LogP contribution in [0.1, 0.15) is 5.56 Å². The van der Waals surface area contributed by atoms with Crippen molar-refractivity contribution in [3.8, 4) is 0 Å². The molecule has 0 saturated carbocycles. The van der Waals surface area contributed by atoms with Gasteiger partial charge >= 0.3 is 0 Å². The van der Waals surface area contributed by atoms with Crippen molar-refractivity contribution in [1.82, 2.24) is 9.97 Å². The molecule has 86 valence electrons. The number of anilines is 4. The first-order chi connectivity index (χ1) is 8.29. The van der Waals surface area contributed by atoms with E-state index in [9.17, 15) is 0 Å². The number of nitrogens with one attached hydrogen (secondary N) is 1. The molecule has 3 N–H and O–H groups in total. The van der Waals surface area contributed by atoms with Gasteiger partial charge in [-0.25, -0.2) is 9.97 Å². The molecule has 0 spiro atoms. The van der Waals surface area contributed by atoms with Gasteiger partial charge in [-0.2, -0.15) is 0 Å². The van der Waals surface area contributed by atoms with E-state index in [2.05, 4.69) is 15.3 Å². The third kappa shape index (κ3) is 1.52. The Morgan fingerprint density at radius 2 is 2.12 bits per heavy atom. The molecule has 1 aliphatic rings. The molecule has 5 nitrogen and oxygen atoms in total. The minimum absolute atomic E-state index is 0.534. The van der Waals surface area contributed by atoms with Gasteiger partial charge in [0.1, 0.15) is 0 Å². The quantitative estimate of drug-likeness (QED) is 0.777. The Morgan fingerprint density at radius 3 is 2.94 bits per heavy atom. The van der Waals surface area contributed by atoms with Crippen molar-refractivity contribution in [2.45, 2.75) is 6.54 Å². The van der Waals surface area contributed by atoms with Crippen LogP contribution < -0.4 is 16.0 Å². The van der Waals surface area contributed by atoms with E-state index in [0.717, 1.165) is 28.6 Å². The maximum atomic E-state index is 5.64. The summed E-state index contributed by atoms with van der Waals surface area (Å²) in [6, 6.07) is 6.12. The molecular formula is C12H13N5. The molecule has 1 aromatic heterocycles. The standard InChI is InChI=1S/C12H13N5/c1-17-10-3-2-8(7-13)6-9(10)16-11-12(17)15-5-4-14-11/h2-6H,7,13H2,1H3,(H,14,16). The van der Waals surface area contributed by atoms with Crippen LogP contribution in [0.4, 0.5) is 23.0 Å². The van der Waals surface area contributed by atoms with E-state index < -0.39 is 0 Å². The summed E-state index contributed by atoms with van der Waals surface area (Å²) in [7, 11) is 1.98. The SMILES string of the molecule is CN1c2ccc(CN)cc2Nc2nccnc21. The normalized spacial score (nSPS) is 12.7. The van der Waals surface area contributed by atoms with Crippen LogP contribution in [0.25, 0.3) is 0 Å². The first kappa shape index (κ1) is 10.0. The largest absolute Gasteiger partial charge is 0.335 e. The van der Waals surface area contributed by atoms with Crippen molar-refractivity contribution < 1.29 is 0 Å². The van der Waals surface area contributed by atoms with Crippen LogP contribution in [0.5, 0.6) is 0 Å². The highest BCUT2D eigenvalue weighted by molar-refractivity contribution is 5.88. The minimum Gasteiger partial charge on any atom is -0.335 e. The summed E-state index contributed by atoms with van der Waals surface area (Å²) in [4.78, 5) is 10.6. The number of hydrogen-bond donors (Lipinski definition) is 2. The molecule has 3 rings (SSSR count). The minimum atomic E-state index is 0.534. The second-order valence-corrected chi connectivity index (χ2v) is 3.97. The Hall–Kier alpha value is -2.14. The van der Waals surface area contributed by atoms with Crippen molar-refractivity contribution >= 4 is 23.0 Å². The van der Waals surface area contributed by atoms with E-state index >= 15 is 0 Å². The summed E-state index contributed by atoms with van der Waals surface area (Å²) < 4.78 is 0. The lowest BCUT2D eigenvalue weighted by atomic mass is 10.1. The van der Waals surface area contributed by atoms with Crippen LogP contribution in [0, 0.1) is 0 Å². The molecule has 5 heteroatoms. The molecular weight excluding hydrogens is 214 g/mol. The lowest BCUT2D eigenvalue weighted by molar-refractivity contribution is 1.05. The van der Waals surface area contributed by atoms with E-state index in [1.165, 1.54) is 0 Å². The van der Waals surface area contributed by atoms with E-state index in [1.54, 1.807) is 12.4 Å². The zero-order chi connectivity index (χ0) is 11.8. The van der Waals surface area contributed by atoms with Crippen LogP contribution in [0.2, 0.25) is 0 Å². The predicted molar refractivity (Wildman–Crippen MR) is 67.7 cm³/mol. The van der Waals surface area contributed by atoms with E-state index in [4.69, 9.17) is 5.73 Å². The molecule has 0 atom stereocenters. The van der Waals surface area contributed by atoms with Crippen molar-refractivity contribution in [2.24, 2.45) is 5.73 Å². The van der Waals surface area contributed by atoms with Crippen LogP contribution in [-0.2, 0) is 6.54 Å². The van der Waals surface area contributed by atoms with Crippen LogP contribution in [0.3, 0.4) is 0 Å². The number of nitrogens with two attached hydrogens (primary N) is 1. The summed E-state index contributed by atoms with van der Waals surface area (Å²) in [5.74, 6) is 1.61. The smallest absolute Gasteiger partial charge is 0.176 e. The number of nitrogens with zero attached hydrogens (tertiary/aromatic N) is 3. The molecule has 0 saturated heterocycles. The number of aromatic nitrogens is 2. The third-order valence-corrected chi connectivity index (χ3v) is 2.91. The van der Waals surface area contributed by atoms with E-state index in [0.29, 0.717) is 6.54 Å². The molecule has 0 amide bonds. The highest BCUT2D eigenvalue weighted by Gasteiger charge is 2.21. The molecule has 2 heterocycles. The molecule has 0 unspecified atom stereocenters. The van der Waals surface area contributed by atoms with E-state index in [1.807, 2.05) is 30.1 Å². The van der Waals surface area contributed by atoms with Gasteiger partial charge in [-0.1, -0.05) is 6.07 Å². The summed E-state index contributed by atoms with van der Waals surface area (Å²) in [6.45, 7) is 0.534. The summed E-state index contributed by atoms with van der Waals surface area (Å²) in [5.41, 5.74) is 8.83. The Morgan fingerprint density at radius 1 is 1.29 bits per heavy atom. The highest BCUT2D eigenvalue weighted by atomic mass is 15.3. The van der Waals surface area contributed by atoms with Crippen LogP contribution in [0.15, 0.2) is 30.6 Å². The van der Waals surface area contributed by atoms with Gasteiger partial charge in [-0.15, -0.1) is 0 Å². The second-order valence-electron chi connectivity index (χ2n) is 3.97. The van der Waals surface area contributed by atoms with Gasteiger partial charge in [0.2, 0.25) is 0 Å². The van der Waals surface area contributed by atoms with Gasteiger partial charge in [0.15, 0.2) is 11.6 Å². The number of hydrogen-bond acceptors (Lipinski definition) is 5. The average Bonchev–Trinajstić information content (AvgIpc) is 2.38. The lowest BCUT2D eigenvalue weighted by Crippen LogP contribution is -2.20. The Labute approximate surface area is 99.3 Å². The fourth-order valence-corrected chi connectivity index (χ4v) is 2.01. The highest BCUT2D eigenvalue weighted by Crippen LogP contribution is 2.40. The molecule has 0 fully saturated rings. The predicted octanol–water partition coefficient (Wildman–Crippen LogP) is 1.76. The summed E-state index contributed by atoms with van der Waals surface area (Å²) in [5, 5.41) is 3.27. The number of benzene rings is 1. The van der Waals surface area contributed by atoms with E-state index in [-0.39, 0.29) is 0 Å². The maximum Gasteiger partial charge on any atom is 0.176 e. The van der Waals surface area contributed by atoms with Gasteiger partial charge in [-0.3, -0.25) is 0 Å². The van der Waals surface area contributed by atoms with Gasteiger partial charge in [0, 0.05) is 26.0 Å². The van der Waals surface area contributed by atoms with Crippen molar-refractivity contribution in [2.75, 3.05) is 17.3 Å². The fourth-order valence-electron chi connectivity index (χ4n) is 2.01. The zero-order valence-corrected chi connectivity index (χ0v) is 9.51. The van der Waals surface area contributed by atoms with Crippen LogP contribution in [-0.4, -0.2) is 17.0 Å². The molecule has 0 radical (unpaired) electrons. The lowest BCUT2D eigenvalue weighted by Gasteiger charge is -2.28. The van der Waals surface area contributed by atoms with Gasteiger partial charge in [0.05, 0.1) is 11.4 Å². The monoisotopic (exact) mass is 227 g/mol. The summed E-state index contributed by atoms with van der Waals surface area (Å²) >= 11 is 0. The first-order valence-corrected chi connectivity index (χ1v) is 5.44. The topological polar surface area (TPSA) is 67.1 Å². The fraction of sp³-hybridized carbons (Fsp3) is 0.167. The van der Waals surface area contributed by atoms with Crippen LogP contribution >= 0.6 is 0 Å².